The van der Waals surface area contributed by atoms with Gasteiger partial charge in [0.1, 0.15) is 0 Å². The number of rotatable bonds is 6. The van der Waals surface area contributed by atoms with E-state index >= 15 is 0 Å². The van der Waals surface area contributed by atoms with E-state index in [2.05, 4.69) is 15.5 Å². The lowest BCUT2D eigenvalue weighted by molar-refractivity contribution is -0.118. The number of benzene rings is 2. The Morgan fingerprint density at radius 3 is 2.29 bits per heavy atom. The Hall–Kier alpha value is -3.79. The van der Waals surface area contributed by atoms with Crippen LogP contribution in [0.5, 0.6) is 0 Å². The molecule has 0 aliphatic carbocycles. The largest absolute Gasteiger partial charge is 0.345 e. The fourth-order valence-corrected chi connectivity index (χ4v) is 2.51. The molecule has 7 heteroatoms. The molecule has 2 aromatic carbocycles. The van der Waals surface area contributed by atoms with Crippen molar-refractivity contribution in [3.8, 4) is 17.5 Å². The molecule has 0 aliphatic rings. The molecule has 1 amide bonds. The Morgan fingerprint density at radius 1 is 1.07 bits per heavy atom. The summed E-state index contributed by atoms with van der Waals surface area (Å²) in [6.07, 6.45) is 0. The van der Waals surface area contributed by atoms with Gasteiger partial charge in [-0.2, -0.15) is 10.2 Å². The molecule has 7 nitrogen and oxygen atoms in total. The highest BCUT2D eigenvalue weighted by molar-refractivity contribution is 5.98. The van der Waals surface area contributed by atoms with Gasteiger partial charge in [0.05, 0.1) is 12.6 Å². The zero-order chi connectivity index (χ0) is 20.1. The van der Waals surface area contributed by atoms with Crippen LogP contribution in [0, 0.1) is 25.2 Å². The molecule has 1 unspecified atom stereocenters. The van der Waals surface area contributed by atoms with Crippen molar-refractivity contribution in [1.82, 2.24) is 15.5 Å². The van der Waals surface area contributed by atoms with Crippen molar-refractivity contribution in [3.63, 3.8) is 0 Å². The highest BCUT2D eigenvalue weighted by Gasteiger charge is 2.27. The highest BCUT2D eigenvalue weighted by Crippen LogP contribution is 2.20. The van der Waals surface area contributed by atoms with Crippen LogP contribution in [0.4, 0.5) is 0 Å². The van der Waals surface area contributed by atoms with Crippen molar-refractivity contribution in [2.75, 3.05) is 6.54 Å². The predicted molar refractivity (Wildman–Crippen MR) is 101 cm³/mol. The van der Waals surface area contributed by atoms with Gasteiger partial charge in [0.25, 0.3) is 11.8 Å². The van der Waals surface area contributed by atoms with Crippen LogP contribution in [0.25, 0.3) is 11.4 Å². The summed E-state index contributed by atoms with van der Waals surface area (Å²) >= 11 is 0. The monoisotopic (exact) mass is 374 g/mol. The molecule has 1 atom stereocenters. The first-order valence-electron chi connectivity index (χ1n) is 8.66. The van der Waals surface area contributed by atoms with Gasteiger partial charge < -0.3 is 9.84 Å². The van der Waals surface area contributed by atoms with Gasteiger partial charge in [-0.15, -0.1) is 0 Å². The lowest BCUT2D eigenvalue weighted by Crippen LogP contribution is -2.32. The topological polar surface area (TPSA) is 109 Å². The number of carbonyl (C=O) groups excluding carboxylic acids is 2. The zero-order valence-electron chi connectivity index (χ0n) is 15.5. The van der Waals surface area contributed by atoms with Crippen molar-refractivity contribution in [3.05, 3.63) is 71.1 Å². The number of amides is 1. The first kappa shape index (κ1) is 19.0. The molecule has 3 rings (SSSR count). The molecule has 1 aromatic heterocycles. The smallest absolute Gasteiger partial charge is 0.252 e. The van der Waals surface area contributed by atoms with Crippen molar-refractivity contribution in [2.24, 2.45) is 0 Å². The average Bonchev–Trinajstić information content (AvgIpc) is 3.17. The molecule has 140 valence electrons. The lowest BCUT2D eigenvalue weighted by Gasteiger charge is -2.06. The SMILES string of the molecule is Cc1ccc(C(=O)NCC(=O)C(C#N)c2nc(-c3ccc(C)cc3)no2)cc1. The minimum absolute atomic E-state index is 0.0901. The van der Waals surface area contributed by atoms with Crippen molar-refractivity contribution in [1.29, 1.82) is 5.26 Å². The second kappa shape index (κ2) is 8.27. The van der Waals surface area contributed by atoms with Crippen molar-refractivity contribution < 1.29 is 14.1 Å². The van der Waals surface area contributed by atoms with Crippen LogP contribution >= 0.6 is 0 Å². The number of nitrogens with one attached hydrogen (secondary N) is 1. The third-order valence-corrected chi connectivity index (χ3v) is 4.19. The lowest BCUT2D eigenvalue weighted by atomic mass is 10.1. The molecular formula is C21H18N4O3. The summed E-state index contributed by atoms with van der Waals surface area (Å²) < 4.78 is 5.11. The standard InChI is InChI=1S/C21H18N4O3/c1-13-3-7-15(8-4-13)19-24-21(28-25-19)17(11-22)18(26)12-23-20(27)16-9-5-14(2)6-10-16/h3-10,17H,12H2,1-2H3,(H,23,27). The van der Waals surface area contributed by atoms with E-state index in [1.807, 2.05) is 44.2 Å². The highest BCUT2D eigenvalue weighted by atomic mass is 16.5. The summed E-state index contributed by atoms with van der Waals surface area (Å²) in [4.78, 5) is 28.7. The van der Waals surface area contributed by atoms with Crippen LogP contribution in [0.1, 0.15) is 33.3 Å². The number of hydrogen-bond donors (Lipinski definition) is 1. The van der Waals surface area contributed by atoms with Gasteiger partial charge in [0, 0.05) is 11.1 Å². The summed E-state index contributed by atoms with van der Waals surface area (Å²) in [5.41, 5.74) is 3.27. The van der Waals surface area contributed by atoms with Gasteiger partial charge in [-0.05, 0) is 26.0 Å². The number of Topliss-reactive ketones (excluding diaryl/α,β-unsaturated/α-hetero) is 1. The average molecular weight is 374 g/mol. The second-order valence-corrected chi connectivity index (χ2v) is 6.40. The summed E-state index contributed by atoms with van der Waals surface area (Å²) in [6, 6.07) is 16.3. The predicted octanol–water partition coefficient (Wildman–Crippen LogP) is 2.96. The second-order valence-electron chi connectivity index (χ2n) is 6.40. The third kappa shape index (κ3) is 4.30. The Kier molecular flexibility index (Phi) is 5.61. The maximum atomic E-state index is 12.4. The Balaban J connectivity index is 1.67. The molecular weight excluding hydrogens is 356 g/mol. The number of aryl methyl sites for hydroxylation is 2. The van der Waals surface area contributed by atoms with Crippen LogP contribution in [0.3, 0.4) is 0 Å². The first-order valence-corrected chi connectivity index (χ1v) is 8.66. The van der Waals surface area contributed by atoms with Gasteiger partial charge in [0.2, 0.25) is 5.82 Å². The molecule has 0 saturated carbocycles. The summed E-state index contributed by atoms with van der Waals surface area (Å²) in [7, 11) is 0. The molecule has 1 heterocycles. The molecule has 0 bridgehead atoms. The zero-order valence-corrected chi connectivity index (χ0v) is 15.5. The molecule has 0 fully saturated rings. The van der Waals surface area contributed by atoms with Crippen LogP contribution in [-0.4, -0.2) is 28.4 Å². The van der Waals surface area contributed by atoms with E-state index in [1.54, 1.807) is 24.3 Å². The van der Waals surface area contributed by atoms with Gasteiger partial charge in [-0.1, -0.05) is 52.7 Å². The van der Waals surface area contributed by atoms with E-state index in [-0.39, 0.29) is 12.4 Å². The Bertz CT molecular complexity index is 1030. The number of nitriles is 1. The minimum Gasteiger partial charge on any atom is -0.345 e. The fourth-order valence-electron chi connectivity index (χ4n) is 2.51. The van der Waals surface area contributed by atoms with E-state index in [1.165, 1.54) is 0 Å². The quantitative estimate of drug-likeness (QED) is 0.710. The van der Waals surface area contributed by atoms with E-state index in [4.69, 9.17) is 4.52 Å². The Morgan fingerprint density at radius 2 is 1.68 bits per heavy atom. The number of nitrogens with zero attached hydrogens (tertiary/aromatic N) is 3. The van der Waals surface area contributed by atoms with Crippen LogP contribution in [0.15, 0.2) is 53.1 Å². The van der Waals surface area contributed by atoms with Crippen LogP contribution in [-0.2, 0) is 4.79 Å². The number of carbonyl (C=O) groups is 2. The van der Waals surface area contributed by atoms with Crippen LogP contribution < -0.4 is 5.32 Å². The first-order chi connectivity index (χ1) is 13.5. The van der Waals surface area contributed by atoms with Gasteiger partial charge >= 0.3 is 0 Å². The van der Waals surface area contributed by atoms with Gasteiger partial charge in [0.15, 0.2) is 11.7 Å². The fraction of sp³-hybridized carbons (Fsp3) is 0.190. The van der Waals surface area contributed by atoms with E-state index in [9.17, 15) is 14.9 Å². The van der Waals surface area contributed by atoms with E-state index in [0.717, 1.165) is 16.7 Å². The normalized spacial score (nSPS) is 11.5. The van der Waals surface area contributed by atoms with Gasteiger partial charge in [-0.3, -0.25) is 9.59 Å². The molecule has 0 saturated heterocycles. The molecule has 0 aliphatic heterocycles. The summed E-state index contributed by atoms with van der Waals surface area (Å²) in [6.45, 7) is 3.56. The van der Waals surface area contributed by atoms with E-state index in [0.29, 0.717) is 11.4 Å². The maximum absolute atomic E-state index is 12.4. The molecule has 0 spiro atoms. The van der Waals surface area contributed by atoms with E-state index < -0.39 is 17.6 Å². The Labute approximate surface area is 162 Å². The maximum Gasteiger partial charge on any atom is 0.252 e. The number of ketones is 1. The molecule has 0 radical (unpaired) electrons. The molecule has 28 heavy (non-hydrogen) atoms. The molecule has 3 aromatic rings. The minimum atomic E-state index is -1.25. The summed E-state index contributed by atoms with van der Waals surface area (Å²) in [5, 5.41) is 15.7. The van der Waals surface area contributed by atoms with Crippen molar-refractivity contribution >= 4 is 11.7 Å². The number of aromatic nitrogens is 2. The van der Waals surface area contributed by atoms with Crippen LogP contribution in [0.2, 0.25) is 0 Å². The molecule has 1 N–H and O–H groups in total. The van der Waals surface area contributed by atoms with Crippen molar-refractivity contribution in [2.45, 2.75) is 19.8 Å². The number of hydrogen-bond acceptors (Lipinski definition) is 6. The third-order valence-electron chi connectivity index (χ3n) is 4.19. The van der Waals surface area contributed by atoms with Gasteiger partial charge in [-0.25, -0.2) is 0 Å². The summed E-state index contributed by atoms with van der Waals surface area (Å²) in [5.74, 6) is -1.96.